The van der Waals surface area contributed by atoms with Crippen LogP contribution >= 0.6 is 11.3 Å². The first-order valence-electron chi connectivity index (χ1n) is 4.01. The number of esters is 1. The van der Waals surface area contributed by atoms with Gasteiger partial charge in [0.15, 0.2) is 0 Å². The molecule has 0 saturated carbocycles. The second-order valence-corrected chi connectivity index (χ2v) is 3.94. The third kappa shape index (κ3) is 1.25. The average molecular weight is 182 g/mol. The molecule has 0 spiro atoms. The molecule has 1 atom stereocenters. The fourth-order valence-electron chi connectivity index (χ4n) is 1.58. The second kappa shape index (κ2) is 2.90. The Bertz CT molecular complexity index is 303. The lowest BCUT2D eigenvalue weighted by Gasteiger charge is -2.09. The van der Waals surface area contributed by atoms with Gasteiger partial charge in [0.05, 0.1) is 0 Å². The molecule has 0 bridgehead atoms. The first-order valence-corrected chi connectivity index (χ1v) is 4.89. The molecule has 3 heteroatoms. The molecule has 0 aromatic carbocycles. The molecule has 0 radical (unpaired) electrons. The van der Waals surface area contributed by atoms with Crippen molar-refractivity contribution in [2.45, 2.75) is 25.9 Å². The topological polar surface area (TPSA) is 26.3 Å². The number of ether oxygens (including phenoxy) is 1. The molecule has 2 nitrogen and oxygen atoms in total. The van der Waals surface area contributed by atoms with E-state index in [0.717, 1.165) is 12.8 Å². The molecule has 64 valence electrons. The van der Waals surface area contributed by atoms with E-state index in [1.165, 1.54) is 17.4 Å². The third-order valence-electron chi connectivity index (χ3n) is 2.07. The van der Waals surface area contributed by atoms with Gasteiger partial charge in [-0.05, 0) is 24.3 Å². The van der Waals surface area contributed by atoms with Crippen LogP contribution in [0.3, 0.4) is 0 Å². The van der Waals surface area contributed by atoms with Crippen molar-refractivity contribution in [3.63, 3.8) is 0 Å². The van der Waals surface area contributed by atoms with Gasteiger partial charge in [0, 0.05) is 17.4 Å². The molecule has 0 aliphatic heterocycles. The number of carbonyl (C=O) groups excluding carboxylic acids is 1. The Labute approximate surface area is 75.2 Å². The zero-order valence-corrected chi connectivity index (χ0v) is 7.69. The van der Waals surface area contributed by atoms with Crippen LogP contribution in [0.5, 0.6) is 0 Å². The molecule has 0 unspecified atom stereocenters. The summed E-state index contributed by atoms with van der Waals surface area (Å²) >= 11 is 1.75. The first kappa shape index (κ1) is 7.80. The minimum atomic E-state index is -0.181. The van der Waals surface area contributed by atoms with E-state index in [9.17, 15) is 4.79 Å². The molecule has 1 aromatic rings. The molecule has 1 heterocycles. The van der Waals surface area contributed by atoms with Crippen molar-refractivity contribution in [3.8, 4) is 0 Å². The lowest BCUT2D eigenvalue weighted by Crippen LogP contribution is -2.04. The number of hydrogen-bond donors (Lipinski definition) is 0. The average Bonchev–Trinajstić information content (AvgIpc) is 2.52. The lowest BCUT2D eigenvalue weighted by molar-refractivity contribution is -0.146. The van der Waals surface area contributed by atoms with Crippen LogP contribution in [0, 0.1) is 0 Å². The maximum atomic E-state index is 10.7. The Balaban J connectivity index is 2.17. The van der Waals surface area contributed by atoms with Crippen molar-refractivity contribution in [1.82, 2.24) is 0 Å². The van der Waals surface area contributed by atoms with E-state index >= 15 is 0 Å². The standard InChI is InChI=1S/C9H10O2S/c1-6(10)11-8-2-3-9-7(8)4-5-12-9/h4-5,8H,2-3H2,1H3/t8-/m0/s1. The van der Waals surface area contributed by atoms with Crippen LogP contribution in [0.2, 0.25) is 0 Å². The highest BCUT2D eigenvalue weighted by atomic mass is 32.1. The molecule has 2 rings (SSSR count). The molecule has 1 aromatic heterocycles. The van der Waals surface area contributed by atoms with Gasteiger partial charge in [-0.15, -0.1) is 11.3 Å². The maximum absolute atomic E-state index is 10.7. The monoisotopic (exact) mass is 182 g/mol. The first-order chi connectivity index (χ1) is 5.77. The third-order valence-corrected chi connectivity index (χ3v) is 3.07. The minimum Gasteiger partial charge on any atom is -0.458 e. The summed E-state index contributed by atoms with van der Waals surface area (Å²) in [6, 6.07) is 2.06. The predicted octanol–water partition coefficient (Wildman–Crippen LogP) is 2.30. The zero-order chi connectivity index (χ0) is 8.55. The second-order valence-electron chi connectivity index (χ2n) is 2.94. The normalized spacial score (nSPS) is 20.6. The summed E-state index contributed by atoms with van der Waals surface area (Å²) in [4.78, 5) is 12.1. The van der Waals surface area contributed by atoms with E-state index < -0.39 is 0 Å². The number of hydrogen-bond acceptors (Lipinski definition) is 3. The molecular weight excluding hydrogens is 172 g/mol. The van der Waals surface area contributed by atoms with Gasteiger partial charge in [0.1, 0.15) is 6.10 Å². The molecule has 0 fully saturated rings. The van der Waals surface area contributed by atoms with E-state index in [0.29, 0.717) is 0 Å². The molecule has 0 N–H and O–H groups in total. The van der Waals surface area contributed by atoms with Gasteiger partial charge < -0.3 is 4.74 Å². The van der Waals surface area contributed by atoms with Crippen molar-refractivity contribution < 1.29 is 9.53 Å². The summed E-state index contributed by atoms with van der Waals surface area (Å²) in [7, 11) is 0. The van der Waals surface area contributed by atoms with Crippen molar-refractivity contribution in [1.29, 1.82) is 0 Å². The molecule has 1 aliphatic rings. The predicted molar refractivity (Wildman–Crippen MR) is 47.1 cm³/mol. The van der Waals surface area contributed by atoms with E-state index in [4.69, 9.17) is 4.74 Å². The van der Waals surface area contributed by atoms with Crippen LogP contribution in [-0.4, -0.2) is 5.97 Å². The number of aryl methyl sites for hydroxylation is 1. The highest BCUT2D eigenvalue weighted by Crippen LogP contribution is 2.37. The maximum Gasteiger partial charge on any atom is 0.303 e. The van der Waals surface area contributed by atoms with Crippen molar-refractivity contribution in [3.05, 3.63) is 21.9 Å². The highest BCUT2D eigenvalue weighted by molar-refractivity contribution is 7.10. The molecule has 0 amide bonds. The Hall–Kier alpha value is -0.830. The van der Waals surface area contributed by atoms with Gasteiger partial charge in [-0.2, -0.15) is 0 Å². The summed E-state index contributed by atoms with van der Waals surface area (Å²) in [6.45, 7) is 1.46. The Morgan fingerprint density at radius 3 is 3.33 bits per heavy atom. The molecule has 12 heavy (non-hydrogen) atoms. The van der Waals surface area contributed by atoms with E-state index in [1.807, 2.05) is 0 Å². The van der Waals surface area contributed by atoms with Gasteiger partial charge in [0.2, 0.25) is 0 Å². The highest BCUT2D eigenvalue weighted by Gasteiger charge is 2.25. The van der Waals surface area contributed by atoms with E-state index in [-0.39, 0.29) is 12.1 Å². The van der Waals surface area contributed by atoms with E-state index in [2.05, 4.69) is 11.4 Å². The number of rotatable bonds is 1. The Morgan fingerprint density at radius 1 is 1.75 bits per heavy atom. The van der Waals surface area contributed by atoms with Crippen LogP contribution in [-0.2, 0) is 16.0 Å². The van der Waals surface area contributed by atoms with Crippen LogP contribution in [0.15, 0.2) is 11.4 Å². The summed E-state index contributed by atoms with van der Waals surface area (Å²) in [5.74, 6) is -0.181. The fraction of sp³-hybridized carbons (Fsp3) is 0.444. The summed E-state index contributed by atoms with van der Waals surface area (Å²) in [5.41, 5.74) is 1.22. The zero-order valence-electron chi connectivity index (χ0n) is 6.87. The molecule has 1 aliphatic carbocycles. The SMILES string of the molecule is CC(=O)O[C@H]1CCc2sccc21. The minimum absolute atomic E-state index is 0.0312. The van der Waals surface area contributed by atoms with Crippen LogP contribution in [0.1, 0.15) is 29.9 Å². The van der Waals surface area contributed by atoms with Gasteiger partial charge in [0.25, 0.3) is 0 Å². The number of fused-ring (bicyclic) bond motifs is 1. The van der Waals surface area contributed by atoms with E-state index in [1.54, 1.807) is 11.3 Å². The smallest absolute Gasteiger partial charge is 0.303 e. The van der Waals surface area contributed by atoms with Crippen LogP contribution in [0.25, 0.3) is 0 Å². The summed E-state index contributed by atoms with van der Waals surface area (Å²) in [5, 5.41) is 2.06. The summed E-state index contributed by atoms with van der Waals surface area (Å²) in [6.07, 6.45) is 2.05. The van der Waals surface area contributed by atoms with Crippen molar-refractivity contribution in [2.24, 2.45) is 0 Å². The van der Waals surface area contributed by atoms with Gasteiger partial charge in [-0.25, -0.2) is 0 Å². The Kier molecular flexibility index (Phi) is 1.89. The number of thiophene rings is 1. The van der Waals surface area contributed by atoms with Gasteiger partial charge in [-0.3, -0.25) is 4.79 Å². The number of carbonyl (C=O) groups is 1. The molecule has 0 saturated heterocycles. The summed E-state index contributed by atoms with van der Waals surface area (Å²) < 4.78 is 5.16. The molecular formula is C9H10O2S. The fourth-order valence-corrected chi connectivity index (χ4v) is 2.53. The van der Waals surface area contributed by atoms with Gasteiger partial charge >= 0.3 is 5.97 Å². The largest absolute Gasteiger partial charge is 0.458 e. The van der Waals surface area contributed by atoms with Crippen LogP contribution in [0.4, 0.5) is 0 Å². The van der Waals surface area contributed by atoms with Gasteiger partial charge in [-0.1, -0.05) is 0 Å². The Morgan fingerprint density at radius 2 is 2.58 bits per heavy atom. The van der Waals surface area contributed by atoms with Crippen molar-refractivity contribution in [2.75, 3.05) is 0 Å². The quantitative estimate of drug-likeness (QED) is 0.623. The van der Waals surface area contributed by atoms with Crippen LogP contribution < -0.4 is 0 Å². The lowest BCUT2D eigenvalue weighted by atomic mass is 10.2. The van der Waals surface area contributed by atoms with Crippen molar-refractivity contribution >= 4 is 17.3 Å².